The minimum Gasteiger partial charge on any atom is -0.379 e. The Morgan fingerprint density at radius 2 is 2.00 bits per heavy atom. The van der Waals surface area contributed by atoms with E-state index in [1.54, 1.807) is 0 Å². The predicted octanol–water partition coefficient (Wildman–Crippen LogP) is 1.89. The molecule has 1 aromatic rings. The lowest BCUT2D eigenvalue weighted by Gasteiger charge is -2.26. The number of nitrogens with one attached hydrogen (secondary N) is 1. The van der Waals surface area contributed by atoms with E-state index in [-0.39, 0.29) is 0 Å². The minimum atomic E-state index is 0.370. The fourth-order valence-electron chi connectivity index (χ4n) is 3.19. The summed E-state index contributed by atoms with van der Waals surface area (Å²) in [6, 6.07) is 0.370. The van der Waals surface area contributed by atoms with Crippen molar-refractivity contribution in [3.63, 3.8) is 0 Å². The molecule has 5 nitrogen and oxygen atoms in total. The fraction of sp³-hybridized carbons (Fsp3) is 0.812. The van der Waals surface area contributed by atoms with Crippen molar-refractivity contribution in [1.82, 2.24) is 20.0 Å². The zero-order chi connectivity index (χ0) is 15.2. The van der Waals surface area contributed by atoms with Crippen LogP contribution in [-0.4, -0.2) is 54.1 Å². The number of aromatic nitrogens is 2. The molecule has 1 aliphatic heterocycles. The van der Waals surface area contributed by atoms with Crippen LogP contribution in [0.25, 0.3) is 0 Å². The van der Waals surface area contributed by atoms with Crippen molar-refractivity contribution >= 4 is 0 Å². The molecular weight excluding hydrogens is 264 g/mol. The fourth-order valence-corrected chi connectivity index (χ4v) is 3.19. The van der Waals surface area contributed by atoms with Gasteiger partial charge in [0.05, 0.1) is 18.9 Å². The summed E-state index contributed by atoms with van der Waals surface area (Å²) in [5.74, 6) is 0. The SMILES string of the molecule is CCn1nc(C)c(C(C)NCCCN2CCOCC2)c1C. The number of nitrogens with zero attached hydrogens (tertiary/aromatic N) is 3. The second kappa shape index (κ2) is 7.92. The molecule has 2 heterocycles. The summed E-state index contributed by atoms with van der Waals surface area (Å²) in [7, 11) is 0. The van der Waals surface area contributed by atoms with Crippen LogP contribution in [-0.2, 0) is 11.3 Å². The Kier molecular flexibility index (Phi) is 6.21. The molecule has 5 heteroatoms. The maximum atomic E-state index is 5.37. The van der Waals surface area contributed by atoms with Gasteiger partial charge in [0.2, 0.25) is 0 Å². The first-order chi connectivity index (χ1) is 10.1. The molecular formula is C16H30N4O. The smallest absolute Gasteiger partial charge is 0.0644 e. The van der Waals surface area contributed by atoms with E-state index in [0.29, 0.717) is 6.04 Å². The summed E-state index contributed by atoms with van der Waals surface area (Å²) in [5, 5.41) is 8.25. The summed E-state index contributed by atoms with van der Waals surface area (Å²) < 4.78 is 7.47. The molecule has 1 aromatic heterocycles. The number of ether oxygens (including phenoxy) is 1. The van der Waals surface area contributed by atoms with Gasteiger partial charge in [-0.15, -0.1) is 0 Å². The standard InChI is InChI=1S/C16H30N4O/c1-5-20-15(4)16(14(3)18-20)13(2)17-7-6-8-19-9-11-21-12-10-19/h13,17H,5-12H2,1-4H3. The van der Waals surface area contributed by atoms with Crippen molar-refractivity contribution in [2.24, 2.45) is 0 Å². The lowest BCUT2D eigenvalue weighted by Crippen LogP contribution is -2.37. The van der Waals surface area contributed by atoms with Crippen molar-refractivity contribution < 1.29 is 4.74 Å². The molecule has 120 valence electrons. The Bertz CT molecular complexity index is 438. The van der Waals surface area contributed by atoms with Gasteiger partial charge in [0.1, 0.15) is 0 Å². The molecule has 0 bridgehead atoms. The normalized spacial score (nSPS) is 18.1. The monoisotopic (exact) mass is 294 g/mol. The van der Waals surface area contributed by atoms with Gasteiger partial charge in [-0.2, -0.15) is 5.10 Å². The number of hydrogen-bond donors (Lipinski definition) is 1. The molecule has 0 aliphatic carbocycles. The Morgan fingerprint density at radius 3 is 2.62 bits per heavy atom. The van der Waals surface area contributed by atoms with E-state index in [4.69, 9.17) is 4.74 Å². The van der Waals surface area contributed by atoms with Crippen LogP contribution in [0, 0.1) is 13.8 Å². The number of rotatable bonds is 7. The number of morpholine rings is 1. The van der Waals surface area contributed by atoms with Crippen molar-refractivity contribution in [3.8, 4) is 0 Å². The van der Waals surface area contributed by atoms with Gasteiger partial charge in [0.15, 0.2) is 0 Å². The molecule has 0 spiro atoms. The molecule has 0 radical (unpaired) electrons. The van der Waals surface area contributed by atoms with E-state index in [1.165, 1.54) is 17.7 Å². The van der Waals surface area contributed by atoms with Gasteiger partial charge in [-0.25, -0.2) is 0 Å². The van der Waals surface area contributed by atoms with Crippen LogP contribution in [0.2, 0.25) is 0 Å². The van der Waals surface area contributed by atoms with Crippen LogP contribution in [0.1, 0.15) is 43.3 Å². The van der Waals surface area contributed by atoms with E-state index < -0.39 is 0 Å². The highest BCUT2D eigenvalue weighted by Crippen LogP contribution is 2.21. The van der Waals surface area contributed by atoms with Gasteiger partial charge in [0, 0.05) is 36.9 Å². The number of hydrogen-bond acceptors (Lipinski definition) is 4. The molecule has 1 unspecified atom stereocenters. The Hall–Kier alpha value is -0.910. The molecule has 0 amide bonds. The molecule has 1 N–H and O–H groups in total. The lowest BCUT2D eigenvalue weighted by molar-refractivity contribution is 0.0374. The molecule has 1 aliphatic rings. The average Bonchev–Trinajstić information content (AvgIpc) is 2.79. The lowest BCUT2D eigenvalue weighted by atomic mass is 10.1. The first-order valence-corrected chi connectivity index (χ1v) is 8.20. The average molecular weight is 294 g/mol. The second-order valence-corrected chi connectivity index (χ2v) is 5.88. The molecule has 0 saturated carbocycles. The highest BCUT2D eigenvalue weighted by molar-refractivity contribution is 5.27. The molecule has 1 atom stereocenters. The van der Waals surface area contributed by atoms with Gasteiger partial charge >= 0.3 is 0 Å². The van der Waals surface area contributed by atoms with Crippen molar-refractivity contribution in [1.29, 1.82) is 0 Å². The molecule has 0 aromatic carbocycles. The van der Waals surface area contributed by atoms with E-state index in [1.807, 2.05) is 0 Å². The van der Waals surface area contributed by atoms with Crippen LogP contribution in [0.15, 0.2) is 0 Å². The van der Waals surface area contributed by atoms with Crippen LogP contribution in [0.3, 0.4) is 0 Å². The Labute approximate surface area is 128 Å². The molecule has 2 rings (SSSR count). The summed E-state index contributed by atoms with van der Waals surface area (Å²) in [6.07, 6.45) is 1.18. The number of aryl methyl sites for hydroxylation is 2. The van der Waals surface area contributed by atoms with Crippen molar-refractivity contribution in [2.75, 3.05) is 39.4 Å². The molecule has 1 saturated heterocycles. The zero-order valence-corrected chi connectivity index (χ0v) is 14.0. The summed E-state index contributed by atoms with van der Waals surface area (Å²) >= 11 is 0. The quantitative estimate of drug-likeness (QED) is 0.780. The van der Waals surface area contributed by atoms with Crippen LogP contribution in [0.5, 0.6) is 0 Å². The minimum absolute atomic E-state index is 0.370. The maximum absolute atomic E-state index is 5.37. The van der Waals surface area contributed by atoms with E-state index in [9.17, 15) is 0 Å². The maximum Gasteiger partial charge on any atom is 0.0644 e. The van der Waals surface area contributed by atoms with Crippen molar-refractivity contribution in [3.05, 3.63) is 17.0 Å². The van der Waals surface area contributed by atoms with Crippen LogP contribution in [0.4, 0.5) is 0 Å². The first kappa shape index (κ1) is 16.5. The van der Waals surface area contributed by atoms with Gasteiger partial charge < -0.3 is 10.1 Å². The summed E-state index contributed by atoms with van der Waals surface area (Å²) in [5.41, 5.74) is 3.81. The largest absolute Gasteiger partial charge is 0.379 e. The van der Waals surface area contributed by atoms with Gasteiger partial charge in [0.25, 0.3) is 0 Å². The van der Waals surface area contributed by atoms with E-state index in [0.717, 1.165) is 51.6 Å². The predicted molar refractivity (Wildman–Crippen MR) is 85.7 cm³/mol. The zero-order valence-electron chi connectivity index (χ0n) is 14.0. The first-order valence-electron chi connectivity index (χ1n) is 8.20. The second-order valence-electron chi connectivity index (χ2n) is 5.88. The third-order valence-electron chi connectivity index (χ3n) is 4.38. The van der Waals surface area contributed by atoms with Crippen LogP contribution < -0.4 is 5.32 Å². The summed E-state index contributed by atoms with van der Waals surface area (Å²) in [6.45, 7) is 15.8. The van der Waals surface area contributed by atoms with Gasteiger partial charge in [-0.05, 0) is 47.2 Å². The van der Waals surface area contributed by atoms with Gasteiger partial charge in [-0.1, -0.05) is 0 Å². The Morgan fingerprint density at radius 1 is 1.29 bits per heavy atom. The highest BCUT2D eigenvalue weighted by atomic mass is 16.5. The highest BCUT2D eigenvalue weighted by Gasteiger charge is 2.16. The summed E-state index contributed by atoms with van der Waals surface area (Å²) in [4.78, 5) is 2.49. The molecule has 1 fully saturated rings. The third kappa shape index (κ3) is 4.28. The topological polar surface area (TPSA) is 42.3 Å². The molecule has 21 heavy (non-hydrogen) atoms. The van der Waals surface area contributed by atoms with Gasteiger partial charge in [-0.3, -0.25) is 9.58 Å². The van der Waals surface area contributed by atoms with E-state index >= 15 is 0 Å². The Balaban J connectivity index is 1.76. The van der Waals surface area contributed by atoms with Crippen LogP contribution >= 0.6 is 0 Å². The third-order valence-corrected chi connectivity index (χ3v) is 4.38. The van der Waals surface area contributed by atoms with Crippen molar-refractivity contribution in [2.45, 2.75) is 46.7 Å². The van der Waals surface area contributed by atoms with E-state index in [2.05, 4.69) is 47.7 Å².